The largest absolute Gasteiger partial charge is 0.493 e. The third-order valence-corrected chi connectivity index (χ3v) is 3.07. The Labute approximate surface area is 101 Å². The molecule has 0 radical (unpaired) electrons. The smallest absolute Gasteiger partial charge is 0.170 e. The van der Waals surface area contributed by atoms with Gasteiger partial charge < -0.3 is 15.7 Å². The number of hydrogen-bond acceptors (Lipinski definition) is 3. The van der Waals surface area contributed by atoms with Crippen molar-refractivity contribution in [1.29, 1.82) is 0 Å². The molecule has 1 aromatic rings. The molecular formula is C13H18N2O2. The van der Waals surface area contributed by atoms with Crippen LogP contribution in [0.4, 0.5) is 0 Å². The Bertz CT molecular complexity index is 425. The van der Waals surface area contributed by atoms with Gasteiger partial charge in [0.1, 0.15) is 5.75 Å². The minimum atomic E-state index is 0.108. The van der Waals surface area contributed by atoms with E-state index in [4.69, 9.17) is 15.7 Å². The molecule has 0 saturated heterocycles. The van der Waals surface area contributed by atoms with Gasteiger partial charge in [-0.3, -0.25) is 0 Å². The summed E-state index contributed by atoms with van der Waals surface area (Å²) >= 11 is 0. The van der Waals surface area contributed by atoms with Crippen LogP contribution < -0.4 is 10.5 Å². The van der Waals surface area contributed by atoms with E-state index in [-0.39, 0.29) is 5.84 Å². The lowest BCUT2D eigenvalue weighted by Crippen LogP contribution is -2.13. The van der Waals surface area contributed by atoms with Gasteiger partial charge in [-0.25, -0.2) is 0 Å². The standard InChI is InChI=1S/C13H18N2O2/c1-9-2-5-11(13(14)15-16)8-12(9)17-7-6-10-3-4-10/h2,5,8,10,16H,3-4,6-7H2,1H3,(H2,14,15). The van der Waals surface area contributed by atoms with Gasteiger partial charge in [0.15, 0.2) is 5.84 Å². The lowest BCUT2D eigenvalue weighted by atomic mass is 10.1. The number of nitrogens with zero attached hydrogens (tertiary/aromatic N) is 1. The van der Waals surface area contributed by atoms with E-state index in [0.29, 0.717) is 5.56 Å². The number of benzene rings is 1. The Morgan fingerprint density at radius 3 is 2.94 bits per heavy atom. The summed E-state index contributed by atoms with van der Waals surface area (Å²) in [4.78, 5) is 0. The van der Waals surface area contributed by atoms with Crippen molar-refractivity contribution in [3.63, 3.8) is 0 Å². The van der Waals surface area contributed by atoms with Gasteiger partial charge in [-0.1, -0.05) is 30.1 Å². The molecule has 92 valence electrons. The van der Waals surface area contributed by atoms with Crippen LogP contribution in [0.2, 0.25) is 0 Å². The number of aryl methyl sites for hydroxylation is 1. The Morgan fingerprint density at radius 1 is 1.53 bits per heavy atom. The predicted molar refractivity (Wildman–Crippen MR) is 66.5 cm³/mol. The molecule has 4 nitrogen and oxygen atoms in total. The number of nitrogens with two attached hydrogens (primary N) is 1. The number of ether oxygens (including phenoxy) is 1. The van der Waals surface area contributed by atoms with Gasteiger partial charge in [-0.2, -0.15) is 0 Å². The molecule has 3 N–H and O–H groups in total. The van der Waals surface area contributed by atoms with Gasteiger partial charge >= 0.3 is 0 Å². The molecule has 0 amide bonds. The summed E-state index contributed by atoms with van der Waals surface area (Å²) in [5, 5.41) is 11.6. The van der Waals surface area contributed by atoms with Crippen LogP contribution in [0.25, 0.3) is 0 Å². The highest BCUT2D eigenvalue weighted by Gasteiger charge is 2.20. The van der Waals surface area contributed by atoms with Crippen molar-refractivity contribution < 1.29 is 9.94 Å². The van der Waals surface area contributed by atoms with E-state index < -0.39 is 0 Å². The molecule has 17 heavy (non-hydrogen) atoms. The van der Waals surface area contributed by atoms with Crippen LogP contribution in [0.1, 0.15) is 30.4 Å². The SMILES string of the molecule is Cc1ccc(/C(N)=N/O)cc1OCCC1CC1. The lowest BCUT2D eigenvalue weighted by molar-refractivity contribution is 0.300. The van der Waals surface area contributed by atoms with E-state index in [1.165, 1.54) is 12.8 Å². The molecule has 0 bridgehead atoms. The quantitative estimate of drug-likeness (QED) is 0.355. The van der Waals surface area contributed by atoms with Crippen LogP contribution in [0.15, 0.2) is 23.4 Å². The summed E-state index contributed by atoms with van der Waals surface area (Å²) in [6.45, 7) is 2.73. The van der Waals surface area contributed by atoms with E-state index >= 15 is 0 Å². The minimum Gasteiger partial charge on any atom is -0.493 e. The zero-order valence-corrected chi connectivity index (χ0v) is 10.0. The second-order valence-corrected chi connectivity index (χ2v) is 4.55. The van der Waals surface area contributed by atoms with Crippen LogP contribution >= 0.6 is 0 Å². The van der Waals surface area contributed by atoms with Gasteiger partial charge in [0.2, 0.25) is 0 Å². The average molecular weight is 234 g/mol. The van der Waals surface area contributed by atoms with Gasteiger partial charge in [0, 0.05) is 5.56 Å². The molecule has 1 aliphatic rings. The minimum absolute atomic E-state index is 0.108. The third-order valence-electron chi connectivity index (χ3n) is 3.07. The maximum absolute atomic E-state index is 8.63. The first-order chi connectivity index (χ1) is 8.20. The molecule has 1 saturated carbocycles. The molecular weight excluding hydrogens is 216 g/mol. The maximum atomic E-state index is 8.63. The van der Waals surface area contributed by atoms with Gasteiger partial charge in [-0.15, -0.1) is 0 Å². The van der Waals surface area contributed by atoms with E-state index in [0.717, 1.165) is 30.3 Å². The molecule has 0 atom stereocenters. The van der Waals surface area contributed by atoms with Crippen molar-refractivity contribution in [2.75, 3.05) is 6.61 Å². The molecule has 0 spiro atoms. The van der Waals surface area contributed by atoms with E-state index in [2.05, 4.69) is 5.16 Å². The van der Waals surface area contributed by atoms with Crippen LogP contribution in [0, 0.1) is 12.8 Å². The summed E-state index contributed by atoms with van der Waals surface area (Å²) in [6.07, 6.45) is 3.80. The summed E-state index contributed by atoms with van der Waals surface area (Å²) in [5.41, 5.74) is 7.29. The molecule has 0 unspecified atom stereocenters. The molecule has 1 aliphatic carbocycles. The average Bonchev–Trinajstić information content (AvgIpc) is 3.14. The number of hydrogen-bond donors (Lipinski definition) is 2. The fourth-order valence-electron chi connectivity index (χ4n) is 1.71. The second kappa shape index (κ2) is 5.08. The van der Waals surface area contributed by atoms with E-state index in [1.807, 2.05) is 25.1 Å². The van der Waals surface area contributed by atoms with Crippen LogP contribution in [0.3, 0.4) is 0 Å². The fourth-order valence-corrected chi connectivity index (χ4v) is 1.71. The third kappa shape index (κ3) is 3.12. The van der Waals surface area contributed by atoms with Gasteiger partial charge in [0.25, 0.3) is 0 Å². The first-order valence-corrected chi connectivity index (χ1v) is 5.92. The highest BCUT2D eigenvalue weighted by Crippen LogP contribution is 2.32. The lowest BCUT2D eigenvalue weighted by Gasteiger charge is -2.10. The zero-order chi connectivity index (χ0) is 12.3. The van der Waals surface area contributed by atoms with Crippen molar-refractivity contribution in [1.82, 2.24) is 0 Å². The number of amidine groups is 1. The zero-order valence-electron chi connectivity index (χ0n) is 10.0. The second-order valence-electron chi connectivity index (χ2n) is 4.55. The molecule has 4 heteroatoms. The Morgan fingerprint density at radius 2 is 2.29 bits per heavy atom. The molecule has 2 rings (SSSR count). The van der Waals surface area contributed by atoms with E-state index in [9.17, 15) is 0 Å². The normalized spacial score (nSPS) is 15.9. The van der Waals surface area contributed by atoms with E-state index in [1.54, 1.807) is 0 Å². The highest BCUT2D eigenvalue weighted by atomic mass is 16.5. The molecule has 0 aromatic heterocycles. The summed E-state index contributed by atoms with van der Waals surface area (Å²) in [5.74, 6) is 1.79. The Hall–Kier alpha value is -1.71. The van der Waals surface area contributed by atoms with Crippen molar-refractivity contribution in [2.45, 2.75) is 26.2 Å². The first kappa shape index (κ1) is 11.8. The van der Waals surface area contributed by atoms with Crippen molar-refractivity contribution >= 4 is 5.84 Å². The van der Waals surface area contributed by atoms with Crippen molar-refractivity contribution in [3.8, 4) is 5.75 Å². The molecule has 1 aromatic carbocycles. The van der Waals surface area contributed by atoms with Gasteiger partial charge in [0.05, 0.1) is 6.61 Å². The van der Waals surface area contributed by atoms with Gasteiger partial charge in [-0.05, 0) is 30.9 Å². The van der Waals surface area contributed by atoms with Crippen molar-refractivity contribution in [2.24, 2.45) is 16.8 Å². The fraction of sp³-hybridized carbons (Fsp3) is 0.462. The Kier molecular flexibility index (Phi) is 3.52. The van der Waals surface area contributed by atoms with Crippen LogP contribution in [0.5, 0.6) is 5.75 Å². The Balaban J connectivity index is 2.02. The molecule has 0 aliphatic heterocycles. The highest BCUT2D eigenvalue weighted by molar-refractivity contribution is 5.97. The van der Waals surface area contributed by atoms with Crippen LogP contribution in [-0.2, 0) is 0 Å². The number of oxime groups is 1. The maximum Gasteiger partial charge on any atom is 0.170 e. The predicted octanol–water partition coefficient (Wildman–Crippen LogP) is 2.27. The summed E-state index contributed by atoms with van der Waals surface area (Å²) in [6, 6.07) is 5.55. The number of rotatable bonds is 5. The first-order valence-electron chi connectivity index (χ1n) is 5.92. The van der Waals surface area contributed by atoms with Crippen LogP contribution in [-0.4, -0.2) is 17.6 Å². The molecule has 1 fully saturated rings. The summed E-state index contributed by atoms with van der Waals surface area (Å²) in [7, 11) is 0. The topological polar surface area (TPSA) is 67.8 Å². The van der Waals surface area contributed by atoms with Crippen molar-refractivity contribution in [3.05, 3.63) is 29.3 Å². The molecule has 0 heterocycles. The summed E-state index contributed by atoms with van der Waals surface area (Å²) < 4.78 is 5.73. The monoisotopic (exact) mass is 234 g/mol.